The highest BCUT2D eigenvalue weighted by atomic mass is 35.5. The van der Waals surface area contributed by atoms with Gasteiger partial charge >= 0.3 is 0 Å². The molecular formula is C14H24ClN5O2. The summed E-state index contributed by atoms with van der Waals surface area (Å²) in [6.07, 6.45) is 1.65. The molecule has 0 radical (unpaired) electrons. The van der Waals surface area contributed by atoms with Gasteiger partial charge in [-0.25, -0.2) is 0 Å². The summed E-state index contributed by atoms with van der Waals surface area (Å²) in [6.45, 7) is 3.90. The third-order valence-corrected chi connectivity index (χ3v) is 3.74. The van der Waals surface area contributed by atoms with Crippen molar-refractivity contribution in [1.29, 1.82) is 0 Å². The van der Waals surface area contributed by atoms with Gasteiger partial charge in [0.05, 0.1) is 11.6 Å². The van der Waals surface area contributed by atoms with Gasteiger partial charge in [-0.1, -0.05) is 0 Å². The highest BCUT2D eigenvalue weighted by molar-refractivity contribution is 5.93. The maximum atomic E-state index is 12.5. The molecule has 1 unspecified atom stereocenters. The zero-order chi connectivity index (χ0) is 15.4. The molecule has 1 aliphatic heterocycles. The lowest BCUT2D eigenvalue weighted by atomic mass is 9.97. The SMILES string of the molecule is Cc1cc(C(=O)N2CCCC(C(=O)NCCN)C2)n(C)n1.Cl. The van der Waals surface area contributed by atoms with E-state index in [0.717, 1.165) is 18.5 Å². The first-order chi connectivity index (χ1) is 10.0. The molecule has 1 aromatic rings. The van der Waals surface area contributed by atoms with Crippen LogP contribution in [0, 0.1) is 12.8 Å². The Labute approximate surface area is 136 Å². The second-order valence-corrected chi connectivity index (χ2v) is 5.46. The molecule has 7 nitrogen and oxygen atoms in total. The van der Waals surface area contributed by atoms with Crippen LogP contribution in [0.25, 0.3) is 0 Å². The average Bonchev–Trinajstić information content (AvgIpc) is 2.82. The van der Waals surface area contributed by atoms with Gasteiger partial charge < -0.3 is 16.0 Å². The second-order valence-electron chi connectivity index (χ2n) is 5.46. The summed E-state index contributed by atoms with van der Waals surface area (Å²) in [6, 6.07) is 1.78. The number of halogens is 1. The first kappa shape index (κ1) is 18.4. The van der Waals surface area contributed by atoms with Gasteiger partial charge in [0, 0.05) is 33.2 Å². The van der Waals surface area contributed by atoms with Crippen molar-refractivity contribution >= 4 is 24.2 Å². The molecule has 0 saturated carbocycles. The number of hydrogen-bond acceptors (Lipinski definition) is 4. The minimum absolute atomic E-state index is 0. The number of rotatable bonds is 4. The molecule has 124 valence electrons. The monoisotopic (exact) mass is 329 g/mol. The van der Waals surface area contributed by atoms with Crippen LogP contribution in [0.2, 0.25) is 0 Å². The Morgan fingerprint density at radius 3 is 2.82 bits per heavy atom. The Kier molecular flexibility index (Phi) is 6.83. The molecule has 1 fully saturated rings. The molecule has 2 heterocycles. The van der Waals surface area contributed by atoms with Crippen LogP contribution >= 0.6 is 12.4 Å². The van der Waals surface area contributed by atoms with Gasteiger partial charge in [-0.05, 0) is 25.8 Å². The van der Waals surface area contributed by atoms with Crippen LogP contribution in [0.3, 0.4) is 0 Å². The molecule has 1 saturated heterocycles. The van der Waals surface area contributed by atoms with E-state index in [1.807, 2.05) is 6.92 Å². The summed E-state index contributed by atoms with van der Waals surface area (Å²) in [5, 5.41) is 6.99. The first-order valence-corrected chi connectivity index (χ1v) is 7.30. The summed E-state index contributed by atoms with van der Waals surface area (Å²) < 4.78 is 1.59. The fraction of sp³-hybridized carbons (Fsp3) is 0.643. The summed E-state index contributed by atoms with van der Waals surface area (Å²) in [7, 11) is 1.76. The van der Waals surface area contributed by atoms with Gasteiger partial charge in [0.2, 0.25) is 5.91 Å². The predicted octanol–water partition coefficient (Wildman–Crippen LogP) is 0.0774. The molecule has 22 heavy (non-hydrogen) atoms. The number of aromatic nitrogens is 2. The molecule has 1 atom stereocenters. The van der Waals surface area contributed by atoms with Gasteiger partial charge in [-0.2, -0.15) is 5.10 Å². The number of carbonyl (C=O) groups is 2. The topological polar surface area (TPSA) is 93.3 Å². The van der Waals surface area contributed by atoms with E-state index in [-0.39, 0.29) is 30.1 Å². The number of aryl methyl sites for hydroxylation is 2. The van der Waals surface area contributed by atoms with Crippen molar-refractivity contribution in [3.05, 3.63) is 17.5 Å². The van der Waals surface area contributed by atoms with E-state index in [2.05, 4.69) is 10.4 Å². The fourth-order valence-electron chi connectivity index (χ4n) is 2.69. The van der Waals surface area contributed by atoms with Gasteiger partial charge in [-0.15, -0.1) is 12.4 Å². The highest BCUT2D eigenvalue weighted by Gasteiger charge is 2.29. The van der Waals surface area contributed by atoms with E-state index >= 15 is 0 Å². The number of nitrogens with one attached hydrogen (secondary N) is 1. The normalized spacial score (nSPS) is 17.8. The molecule has 0 spiro atoms. The van der Waals surface area contributed by atoms with Crippen LogP contribution in [0.1, 0.15) is 29.0 Å². The third-order valence-electron chi connectivity index (χ3n) is 3.74. The fourth-order valence-corrected chi connectivity index (χ4v) is 2.69. The molecule has 0 bridgehead atoms. The Hall–Kier alpha value is -1.60. The lowest BCUT2D eigenvalue weighted by Gasteiger charge is -2.32. The van der Waals surface area contributed by atoms with E-state index in [1.54, 1.807) is 22.7 Å². The number of amides is 2. The molecule has 0 aliphatic carbocycles. The minimum Gasteiger partial charge on any atom is -0.355 e. The van der Waals surface area contributed by atoms with Crippen LogP contribution in [-0.2, 0) is 11.8 Å². The van der Waals surface area contributed by atoms with Crippen molar-refractivity contribution in [3.63, 3.8) is 0 Å². The van der Waals surface area contributed by atoms with Gasteiger partial charge in [-0.3, -0.25) is 14.3 Å². The maximum absolute atomic E-state index is 12.5. The molecule has 1 aliphatic rings. The second kappa shape index (κ2) is 8.14. The molecule has 2 amide bonds. The largest absolute Gasteiger partial charge is 0.355 e. The van der Waals surface area contributed by atoms with Crippen LogP contribution in [-0.4, -0.2) is 52.7 Å². The zero-order valence-corrected chi connectivity index (χ0v) is 13.9. The van der Waals surface area contributed by atoms with Crippen LogP contribution in [0.15, 0.2) is 6.07 Å². The number of piperidine rings is 1. The van der Waals surface area contributed by atoms with Gasteiger partial charge in [0.1, 0.15) is 5.69 Å². The lowest BCUT2D eigenvalue weighted by molar-refractivity contribution is -0.126. The molecule has 3 N–H and O–H groups in total. The van der Waals surface area contributed by atoms with E-state index in [1.165, 1.54) is 0 Å². The van der Waals surface area contributed by atoms with E-state index < -0.39 is 0 Å². The van der Waals surface area contributed by atoms with Crippen LogP contribution in [0.4, 0.5) is 0 Å². The van der Waals surface area contributed by atoms with E-state index in [9.17, 15) is 9.59 Å². The van der Waals surface area contributed by atoms with Crippen molar-refractivity contribution in [2.24, 2.45) is 18.7 Å². The molecule has 8 heteroatoms. The number of carbonyl (C=O) groups excluding carboxylic acids is 2. The first-order valence-electron chi connectivity index (χ1n) is 7.30. The predicted molar refractivity (Wildman–Crippen MR) is 85.9 cm³/mol. The number of likely N-dealkylation sites (tertiary alicyclic amines) is 1. The average molecular weight is 330 g/mol. The lowest BCUT2D eigenvalue weighted by Crippen LogP contribution is -2.46. The molecule has 2 rings (SSSR count). The summed E-state index contributed by atoms with van der Waals surface area (Å²) in [5.74, 6) is -0.225. The number of hydrogen-bond donors (Lipinski definition) is 2. The Balaban J connectivity index is 0.00000242. The Bertz CT molecular complexity index is 531. The van der Waals surface area contributed by atoms with E-state index in [0.29, 0.717) is 31.9 Å². The van der Waals surface area contributed by atoms with Gasteiger partial charge in [0.25, 0.3) is 5.91 Å². The maximum Gasteiger partial charge on any atom is 0.272 e. The Morgan fingerprint density at radius 1 is 1.50 bits per heavy atom. The smallest absolute Gasteiger partial charge is 0.272 e. The van der Waals surface area contributed by atoms with E-state index in [4.69, 9.17) is 5.73 Å². The molecular weight excluding hydrogens is 306 g/mol. The Morgan fingerprint density at radius 2 is 2.23 bits per heavy atom. The highest BCUT2D eigenvalue weighted by Crippen LogP contribution is 2.19. The van der Waals surface area contributed by atoms with Gasteiger partial charge in [0.15, 0.2) is 0 Å². The molecule has 1 aromatic heterocycles. The van der Waals surface area contributed by atoms with Crippen LogP contribution < -0.4 is 11.1 Å². The number of nitrogens with zero attached hydrogens (tertiary/aromatic N) is 3. The minimum atomic E-state index is -0.149. The molecule has 0 aromatic carbocycles. The van der Waals surface area contributed by atoms with Crippen molar-refractivity contribution in [3.8, 4) is 0 Å². The summed E-state index contributed by atoms with van der Waals surface area (Å²) >= 11 is 0. The summed E-state index contributed by atoms with van der Waals surface area (Å²) in [5.41, 5.74) is 6.77. The third kappa shape index (κ3) is 4.20. The van der Waals surface area contributed by atoms with Crippen molar-refractivity contribution in [2.45, 2.75) is 19.8 Å². The van der Waals surface area contributed by atoms with Crippen LogP contribution in [0.5, 0.6) is 0 Å². The summed E-state index contributed by atoms with van der Waals surface area (Å²) in [4.78, 5) is 26.3. The van der Waals surface area contributed by atoms with Crippen molar-refractivity contribution in [1.82, 2.24) is 20.0 Å². The number of nitrogens with two attached hydrogens (primary N) is 1. The van der Waals surface area contributed by atoms with Crippen molar-refractivity contribution < 1.29 is 9.59 Å². The van der Waals surface area contributed by atoms with Crippen molar-refractivity contribution in [2.75, 3.05) is 26.2 Å². The quantitative estimate of drug-likeness (QED) is 0.818. The zero-order valence-electron chi connectivity index (χ0n) is 13.0. The standard InChI is InChI=1S/C14H23N5O2.ClH/c1-10-8-12(18(2)17-10)14(21)19-7-3-4-11(9-19)13(20)16-6-5-15;/h8,11H,3-7,9,15H2,1-2H3,(H,16,20);1H.